The summed E-state index contributed by atoms with van der Waals surface area (Å²) in [5.41, 5.74) is -3.03. The van der Waals surface area contributed by atoms with E-state index in [0.717, 1.165) is 5.56 Å². The Bertz CT molecular complexity index is 1060. The molecule has 1 aliphatic heterocycles. The summed E-state index contributed by atoms with van der Waals surface area (Å²) in [6.07, 6.45) is 6.27. The molecule has 1 amide bonds. The minimum atomic E-state index is -1.49. The van der Waals surface area contributed by atoms with Crippen LogP contribution in [0.2, 0.25) is 0 Å². The van der Waals surface area contributed by atoms with Crippen molar-refractivity contribution in [3.05, 3.63) is 60.2 Å². The van der Waals surface area contributed by atoms with Crippen LogP contribution in [0.1, 0.15) is 53.0 Å². The number of carbonyl (C=O) groups excluding carboxylic acids is 2. The topological polar surface area (TPSA) is 116 Å². The molecule has 202 valence electrons. The first-order chi connectivity index (χ1) is 17.3. The van der Waals surface area contributed by atoms with E-state index in [9.17, 15) is 24.9 Å². The second-order valence-corrected chi connectivity index (χ2v) is 11.9. The number of esters is 1. The van der Waals surface area contributed by atoms with E-state index in [1.807, 2.05) is 56.3 Å². The van der Waals surface area contributed by atoms with Crippen molar-refractivity contribution in [2.75, 3.05) is 0 Å². The van der Waals surface area contributed by atoms with E-state index in [-0.39, 0.29) is 17.9 Å². The van der Waals surface area contributed by atoms with Gasteiger partial charge in [0.15, 0.2) is 0 Å². The number of allylic oxidation sites excluding steroid dienone is 1. The molecule has 7 nitrogen and oxygen atoms in total. The van der Waals surface area contributed by atoms with Gasteiger partial charge in [0.25, 0.3) is 0 Å². The molecule has 2 unspecified atom stereocenters. The first kappa shape index (κ1) is 27.6. The normalized spacial score (nSPS) is 45.5. The first-order valence-corrected chi connectivity index (χ1v) is 13.3. The van der Waals surface area contributed by atoms with E-state index in [1.54, 1.807) is 26.0 Å². The Labute approximate surface area is 219 Å². The van der Waals surface area contributed by atoms with Gasteiger partial charge in [-0.15, -0.1) is 0 Å². The van der Waals surface area contributed by atoms with Crippen LogP contribution in [-0.4, -0.2) is 56.6 Å². The van der Waals surface area contributed by atoms with Crippen LogP contribution in [0.15, 0.2) is 54.6 Å². The van der Waals surface area contributed by atoms with E-state index in [0.29, 0.717) is 19.3 Å². The summed E-state index contributed by atoms with van der Waals surface area (Å²) >= 11 is 0. The number of benzene rings is 1. The number of nitrogens with one attached hydrogen (secondary N) is 1. The lowest BCUT2D eigenvalue weighted by molar-refractivity contribution is -0.217. The Balaban J connectivity index is 1.95. The number of amides is 1. The molecule has 3 aliphatic rings. The van der Waals surface area contributed by atoms with E-state index in [1.165, 1.54) is 6.92 Å². The summed E-state index contributed by atoms with van der Waals surface area (Å²) in [5.74, 6) is -2.59. The molecule has 1 spiro atoms. The molecule has 1 heterocycles. The fourth-order valence-corrected chi connectivity index (χ4v) is 7.16. The predicted molar refractivity (Wildman–Crippen MR) is 140 cm³/mol. The maximum Gasteiger partial charge on any atom is 0.303 e. The lowest BCUT2D eigenvalue weighted by Crippen LogP contribution is -2.68. The Kier molecular flexibility index (Phi) is 7.45. The number of carbonyl (C=O) groups is 2. The first-order valence-electron chi connectivity index (χ1n) is 13.3. The Morgan fingerprint density at radius 1 is 1.14 bits per heavy atom. The van der Waals surface area contributed by atoms with Gasteiger partial charge in [-0.05, 0) is 56.6 Å². The van der Waals surface area contributed by atoms with Gasteiger partial charge in [0.2, 0.25) is 5.91 Å². The maximum atomic E-state index is 14.2. The van der Waals surface area contributed by atoms with Gasteiger partial charge < -0.3 is 25.4 Å². The third-order valence-electron chi connectivity index (χ3n) is 8.98. The standard InChI is InChI=1S/C30H41NO6/c1-18-10-9-13-22-26(33)29(5,36)19(2)25-23(16-21-11-7-6-8-12-21)31-27(34)30(22,25)24(37-20(3)32)14-15-28(4,35)17-18/h6-9,11-15,18-19,22-26,33,35-36H,10,16-17H2,1-5H3,(H,31,34)/b13-9+,15-14+/t18-,19-,22?,23-,24+,25-,26-,28-,29-,30?/m0/s1. The van der Waals surface area contributed by atoms with Crippen molar-refractivity contribution in [2.45, 2.75) is 83.3 Å². The summed E-state index contributed by atoms with van der Waals surface area (Å²) in [6.45, 7) is 8.50. The molecular weight excluding hydrogens is 470 g/mol. The fraction of sp³-hybridized carbons (Fsp3) is 0.600. The zero-order chi connectivity index (χ0) is 27.2. The SMILES string of the molecule is CC(=O)O[C@@H]1/C=C/[C@](C)(O)C[C@@H](C)C/C=C/C2[C@H](O)[C@@](C)(O)[C@@H](C)[C@H]3[C@H](Cc4ccccc4)NC(=O)C231. The van der Waals surface area contributed by atoms with Gasteiger partial charge in [-0.2, -0.15) is 0 Å². The van der Waals surface area contributed by atoms with Crippen LogP contribution >= 0.6 is 0 Å². The van der Waals surface area contributed by atoms with Crippen molar-refractivity contribution in [1.29, 1.82) is 0 Å². The van der Waals surface area contributed by atoms with E-state index < -0.39 is 52.5 Å². The number of aliphatic hydroxyl groups excluding tert-OH is 1. The highest BCUT2D eigenvalue weighted by Gasteiger charge is 2.72. The van der Waals surface area contributed by atoms with Crippen molar-refractivity contribution < 1.29 is 29.6 Å². The summed E-state index contributed by atoms with van der Waals surface area (Å²) in [5, 5.41) is 37.5. The van der Waals surface area contributed by atoms with Gasteiger partial charge in [-0.25, -0.2) is 0 Å². The quantitative estimate of drug-likeness (QED) is 0.366. The average Bonchev–Trinajstić information content (AvgIpc) is 3.08. The van der Waals surface area contributed by atoms with Crippen LogP contribution in [0.4, 0.5) is 0 Å². The van der Waals surface area contributed by atoms with Crippen molar-refractivity contribution in [3.63, 3.8) is 0 Å². The second kappa shape index (κ2) is 10.0. The Morgan fingerprint density at radius 3 is 2.46 bits per heavy atom. The van der Waals surface area contributed by atoms with Crippen molar-refractivity contribution >= 4 is 11.9 Å². The van der Waals surface area contributed by atoms with Gasteiger partial charge in [-0.3, -0.25) is 9.59 Å². The number of hydrogen-bond acceptors (Lipinski definition) is 6. The monoisotopic (exact) mass is 511 g/mol. The highest BCUT2D eigenvalue weighted by Crippen LogP contribution is 2.60. The zero-order valence-corrected chi connectivity index (χ0v) is 22.4. The van der Waals surface area contributed by atoms with E-state index in [2.05, 4.69) is 5.32 Å². The molecule has 0 bridgehead atoms. The Hall–Kier alpha value is -2.48. The van der Waals surface area contributed by atoms with Crippen molar-refractivity contribution in [2.24, 2.45) is 29.1 Å². The molecule has 1 aromatic carbocycles. The average molecular weight is 512 g/mol. The molecule has 37 heavy (non-hydrogen) atoms. The third kappa shape index (κ3) is 4.89. The molecular formula is C30H41NO6. The van der Waals surface area contributed by atoms with Crippen LogP contribution in [0.3, 0.4) is 0 Å². The number of rotatable bonds is 3. The van der Waals surface area contributed by atoms with Crippen LogP contribution in [-0.2, 0) is 20.7 Å². The maximum absolute atomic E-state index is 14.2. The second-order valence-electron chi connectivity index (χ2n) is 11.9. The molecule has 1 saturated carbocycles. The molecule has 10 atom stereocenters. The van der Waals surface area contributed by atoms with Crippen LogP contribution in [0.25, 0.3) is 0 Å². The molecule has 0 radical (unpaired) electrons. The number of hydrogen-bond donors (Lipinski definition) is 4. The van der Waals surface area contributed by atoms with Crippen molar-refractivity contribution in [1.82, 2.24) is 5.32 Å². The number of ether oxygens (including phenoxy) is 1. The fourth-order valence-electron chi connectivity index (χ4n) is 7.16. The molecule has 4 rings (SSSR count). The Morgan fingerprint density at radius 2 is 1.81 bits per heavy atom. The van der Waals surface area contributed by atoms with E-state index >= 15 is 0 Å². The van der Waals surface area contributed by atoms with Gasteiger partial charge in [0, 0.05) is 24.8 Å². The van der Waals surface area contributed by atoms with Crippen LogP contribution < -0.4 is 5.32 Å². The molecule has 7 heteroatoms. The molecule has 4 N–H and O–H groups in total. The summed E-state index contributed by atoms with van der Waals surface area (Å²) in [6, 6.07) is 9.44. The smallest absolute Gasteiger partial charge is 0.303 e. The third-order valence-corrected chi connectivity index (χ3v) is 8.98. The minimum Gasteiger partial charge on any atom is -0.457 e. The molecule has 0 aromatic heterocycles. The summed E-state index contributed by atoms with van der Waals surface area (Å²) in [7, 11) is 0. The van der Waals surface area contributed by atoms with Gasteiger partial charge >= 0.3 is 5.97 Å². The highest BCUT2D eigenvalue weighted by atomic mass is 16.5. The van der Waals surface area contributed by atoms with E-state index in [4.69, 9.17) is 4.74 Å². The predicted octanol–water partition coefficient (Wildman–Crippen LogP) is 2.93. The molecule has 2 fully saturated rings. The summed E-state index contributed by atoms with van der Waals surface area (Å²) in [4.78, 5) is 26.6. The lowest BCUT2D eigenvalue weighted by Gasteiger charge is -2.57. The van der Waals surface area contributed by atoms with Crippen LogP contribution in [0.5, 0.6) is 0 Å². The number of aliphatic hydroxyl groups is 3. The molecule has 1 saturated heterocycles. The van der Waals surface area contributed by atoms with Gasteiger partial charge in [-0.1, -0.05) is 62.4 Å². The van der Waals surface area contributed by atoms with Crippen LogP contribution in [0, 0.1) is 29.1 Å². The zero-order valence-electron chi connectivity index (χ0n) is 22.4. The van der Waals surface area contributed by atoms with Crippen molar-refractivity contribution in [3.8, 4) is 0 Å². The summed E-state index contributed by atoms with van der Waals surface area (Å²) < 4.78 is 5.87. The molecule has 2 aliphatic carbocycles. The van der Waals surface area contributed by atoms with Gasteiger partial charge in [0.05, 0.1) is 17.3 Å². The highest BCUT2D eigenvalue weighted by molar-refractivity contribution is 5.89. The largest absolute Gasteiger partial charge is 0.457 e. The molecule has 1 aromatic rings. The minimum absolute atomic E-state index is 0.122. The lowest BCUT2D eigenvalue weighted by atomic mass is 9.48. The van der Waals surface area contributed by atoms with Gasteiger partial charge in [0.1, 0.15) is 11.5 Å².